The average Bonchev–Trinajstić information content (AvgIpc) is 2.30. The van der Waals surface area contributed by atoms with E-state index in [4.69, 9.17) is 14.2 Å². The lowest BCUT2D eigenvalue weighted by atomic mass is 10.2. The lowest BCUT2D eigenvalue weighted by Gasteiger charge is -2.43. The van der Waals surface area contributed by atoms with Gasteiger partial charge in [0, 0.05) is 33.3 Å². The molecule has 20 heavy (non-hydrogen) atoms. The SMILES string of the molecule is COCCOC1CN(S(=O)(=O)N2C[C@@H](C)O[C@H](C)C2)C1. The zero-order valence-corrected chi connectivity index (χ0v) is 13.1. The zero-order chi connectivity index (χ0) is 14.8. The van der Waals surface area contributed by atoms with Crippen molar-refractivity contribution < 1.29 is 22.6 Å². The Morgan fingerprint density at radius 2 is 1.60 bits per heavy atom. The van der Waals surface area contributed by atoms with Gasteiger partial charge in [-0.3, -0.25) is 0 Å². The third kappa shape index (κ3) is 3.69. The molecule has 0 N–H and O–H groups in total. The van der Waals surface area contributed by atoms with E-state index >= 15 is 0 Å². The second-order valence-corrected chi connectivity index (χ2v) is 7.31. The quantitative estimate of drug-likeness (QED) is 0.630. The minimum Gasteiger partial charge on any atom is -0.382 e. The Hall–Kier alpha value is -0.250. The lowest BCUT2D eigenvalue weighted by molar-refractivity contribution is -0.0553. The fourth-order valence-corrected chi connectivity index (χ4v) is 4.31. The normalized spacial score (nSPS) is 30.4. The van der Waals surface area contributed by atoms with E-state index in [2.05, 4.69) is 0 Å². The monoisotopic (exact) mass is 308 g/mol. The summed E-state index contributed by atoms with van der Waals surface area (Å²) in [5.41, 5.74) is 0. The molecule has 0 bridgehead atoms. The van der Waals surface area contributed by atoms with E-state index < -0.39 is 10.2 Å². The van der Waals surface area contributed by atoms with Crippen LogP contribution in [0.25, 0.3) is 0 Å². The third-order valence-electron chi connectivity index (χ3n) is 3.49. The maximum Gasteiger partial charge on any atom is 0.282 e. The van der Waals surface area contributed by atoms with Gasteiger partial charge in [0.1, 0.15) is 0 Å². The molecule has 0 aromatic rings. The molecule has 2 aliphatic rings. The first-order chi connectivity index (χ1) is 9.43. The Labute approximate surface area is 120 Å². The molecule has 2 saturated heterocycles. The van der Waals surface area contributed by atoms with Crippen LogP contribution in [0.1, 0.15) is 13.8 Å². The van der Waals surface area contributed by atoms with Crippen LogP contribution in [0.2, 0.25) is 0 Å². The van der Waals surface area contributed by atoms with Crippen LogP contribution in [-0.2, 0) is 24.4 Å². The first-order valence-electron chi connectivity index (χ1n) is 6.94. The van der Waals surface area contributed by atoms with Crippen LogP contribution in [0.4, 0.5) is 0 Å². The summed E-state index contributed by atoms with van der Waals surface area (Å²) in [6.45, 7) is 6.49. The van der Waals surface area contributed by atoms with Gasteiger partial charge in [-0.25, -0.2) is 0 Å². The van der Waals surface area contributed by atoms with Gasteiger partial charge in [-0.05, 0) is 13.8 Å². The van der Waals surface area contributed by atoms with E-state index in [1.807, 2.05) is 13.8 Å². The zero-order valence-electron chi connectivity index (χ0n) is 12.3. The van der Waals surface area contributed by atoms with Crippen molar-refractivity contribution >= 4 is 10.2 Å². The maximum atomic E-state index is 12.5. The first kappa shape index (κ1) is 16.1. The van der Waals surface area contributed by atoms with Gasteiger partial charge in [-0.1, -0.05) is 0 Å². The predicted molar refractivity (Wildman–Crippen MR) is 73.7 cm³/mol. The molecule has 2 atom stereocenters. The molecular weight excluding hydrogens is 284 g/mol. The number of methoxy groups -OCH3 is 1. The van der Waals surface area contributed by atoms with E-state index in [0.29, 0.717) is 39.4 Å². The highest BCUT2D eigenvalue weighted by Gasteiger charge is 2.42. The van der Waals surface area contributed by atoms with Crippen molar-refractivity contribution in [2.75, 3.05) is 46.5 Å². The van der Waals surface area contributed by atoms with Gasteiger partial charge in [0.2, 0.25) is 0 Å². The average molecular weight is 308 g/mol. The van der Waals surface area contributed by atoms with Crippen LogP contribution in [0.3, 0.4) is 0 Å². The van der Waals surface area contributed by atoms with E-state index in [0.717, 1.165) is 0 Å². The minimum atomic E-state index is -3.38. The minimum absolute atomic E-state index is 0.0178. The summed E-state index contributed by atoms with van der Waals surface area (Å²) >= 11 is 0. The molecule has 2 aliphatic heterocycles. The van der Waals surface area contributed by atoms with E-state index in [1.54, 1.807) is 7.11 Å². The van der Waals surface area contributed by atoms with Crippen molar-refractivity contribution in [2.24, 2.45) is 0 Å². The summed E-state index contributed by atoms with van der Waals surface area (Å²) in [5.74, 6) is 0. The van der Waals surface area contributed by atoms with Crippen molar-refractivity contribution in [3.8, 4) is 0 Å². The Kier molecular flexibility index (Phi) is 5.38. The fraction of sp³-hybridized carbons (Fsp3) is 1.00. The molecule has 0 radical (unpaired) electrons. The second-order valence-electron chi connectivity index (χ2n) is 5.38. The van der Waals surface area contributed by atoms with Gasteiger partial charge in [0.25, 0.3) is 10.2 Å². The Balaban J connectivity index is 1.83. The number of morpholine rings is 1. The van der Waals surface area contributed by atoms with Gasteiger partial charge in [-0.15, -0.1) is 0 Å². The van der Waals surface area contributed by atoms with Crippen LogP contribution in [0, 0.1) is 0 Å². The van der Waals surface area contributed by atoms with Crippen LogP contribution < -0.4 is 0 Å². The van der Waals surface area contributed by atoms with Crippen molar-refractivity contribution in [1.82, 2.24) is 8.61 Å². The van der Waals surface area contributed by atoms with E-state index in [1.165, 1.54) is 8.61 Å². The predicted octanol–water partition coefficient (Wildman–Crippen LogP) is -0.312. The van der Waals surface area contributed by atoms with Gasteiger partial charge in [-0.2, -0.15) is 17.0 Å². The molecule has 0 spiro atoms. The maximum absolute atomic E-state index is 12.5. The van der Waals surface area contributed by atoms with Gasteiger partial charge in [0.15, 0.2) is 0 Å². The first-order valence-corrected chi connectivity index (χ1v) is 8.34. The van der Waals surface area contributed by atoms with Gasteiger partial charge in [0.05, 0.1) is 31.5 Å². The molecule has 0 amide bonds. The highest BCUT2D eigenvalue weighted by molar-refractivity contribution is 7.86. The molecular formula is C12H24N2O5S. The number of hydrogen-bond acceptors (Lipinski definition) is 5. The molecule has 8 heteroatoms. The van der Waals surface area contributed by atoms with E-state index in [9.17, 15) is 8.42 Å². The summed E-state index contributed by atoms with van der Waals surface area (Å²) in [7, 11) is -1.77. The Morgan fingerprint density at radius 1 is 1.05 bits per heavy atom. The number of nitrogens with zero attached hydrogens (tertiary/aromatic N) is 2. The van der Waals surface area contributed by atoms with Crippen molar-refractivity contribution in [3.63, 3.8) is 0 Å². The largest absolute Gasteiger partial charge is 0.382 e. The van der Waals surface area contributed by atoms with Crippen molar-refractivity contribution in [1.29, 1.82) is 0 Å². The number of ether oxygens (including phenoxy) is 3. The number of hydrogen-bond donors (Lipinski definition) is 0. The molecule has 2 fully saturated rings. The molecule has 2 heterocycles. The summed E-state index contributed by atoms with van der Waals surface area (Å²) in [6, 6.07) is 0. The fourth-order valence-electron chi connectivity index (χ4n) is 2.48. The van der Waals surface area contributed by atoms with Gasteiger partial charge >= 0.3 is 0 Å². The number of rotatable bonds is 6. The Bertz CT molecular complexity index is 400. The van der Waals surface area contributed by atoms with Crippen molar-refractivity contribution in [2.45, 2.75) is 32.2 Å². The van der Waals surface area contributed by atoms with Crippen LogP contribution in [0.15, 0.2) is 0 Å². The topological polar surface area (TPSA) is 68.3 Å². The smallest absolute Gasteiger partial charge is 0.282 e. The van der Waals surface area contributed by atoms with Crippen LogP contribution in [0.5, 0.6) is 0 Å². The molecule has 118 valence electrons. The molecule has 2 rings (SSSR count). The van der Waals surface area contributed by atoms with Crippen LogP contribution in [-0.4, -0.2) is 81.8 Å². The Morgan fingerprint density at radius 3 is 2.15 bits per heavy atom. The molecule has 0 aliphatic carbocycles. The summed E-state index contributed by atoms with van der Waals surface area (Å²) in [4.78, 5) is 0. The van der Waals surface area contributed by atoms with Crippen molar-refractivity contribution in [3.05, 3.63) is 0 Å². The van der Waals surface area contributed by atoms with E-state index in [-0.39, 0.29) is 18.3 Å². The highest BCUT2D eigenvalue weighted by Crippen LogP contribution is 2.22. The van der Waals surface area contributed by atoms with Gasteiger partial charge < -0.3 is 14.2 Å². The molecule has 0 unspecified atom stereocenters. The highest BCUT2D eigenvalue weighted by atomic mass is 32.2. The molecule has 0 saturated carbocycles. The second kappa shape index (κ2) is 6.67. The summed E-state index contributed by atoms with van der Waals surface area (Å²) in [6.07, 6.45) is -0.150. The molecule has 0 aromatic heterocycles. The standard InChI is InChI=1S/C12H24N2O5S/c1-10-6-13(7-11(2)19-10)20(15,16)14-8-12(9-14)18-5-4-17-3/h10-12H,4-9H2,1-3H3/t10-,11-/m1/s1. The third-order valence-corrected chi connectivity index (χ3v) is 5.40. The summed E-state index contributed by atoms with van der Waals surface area (Å²) < 4.78 is 43.8. The lowest BCUT2D eigenvalue weighted by Crippen LogP contribution is -2.61. The van der Waals surface area contributed by atoms with Crippen LogP contribution >= 0.6 is 0 Å². The molecule has 7 nitrogen and oxygen atoms in total. The molecule has 0 aromatic carbocycles. The summed E-state index contributed by atoms with van der Waals surface area (Å²) in [5, 5.41) is 0.